The second-order valence-corrected chi connectivity index (χ2v) is 10.6. The summed E-state index contributed by atoms with van der Waals surface area (Å²) in [6.07, 6.45) is -2.36. The van der Waals surface area contributed by atoms with Crippen molar-refractivity contribution >= 4 is 41.1 Å². The molecule has 1 saturated carbocycles. The first-order chi connectivity index (χ1) is 15.1. The van der Waals surface area contributed by atoms with Crippen LogP contribution in [0.1, 0.15) is 36.9 Å². The highest BCUT2D eigenvalue weighted by Crippen LogP contribution is 2.53. The number of alkyl halides is 5. The van der Waals surface area contributed by atoms with Crippen molar-refractivity contribution in [3.8, 4) is 0 Å². The highest BCUT2D eigenvalue weighted by molar-refractivity contribution is 7.90. The zero-order valence-electron chi connectivity index (χ0n) is 17.5. The number of hydrogen-bond donors (Lipinski definition) is 0. The first-order valence-electron chi connectivity index (χ1n) is 9.90. The van der Waals surface area contributed by atoms with Gasteiger partial charge in [-0.15, -0.1) is 0 Å². The van der Waals surface area contributed by atoms with Gasteiger partial charge in [-0.3, -0.25) is 4.39 Å². The number of hydrogen-bond acceptors (Lipinski definition) is 3. The van der Waals surface area contributed by atoms with E-state index in [0.717, 1.165) is 27.6 Å². The fourth-order valence-electron chi connectivity index (χ4n) is 4.19. The maximum Gasteiger partial charge on any atom is 0.312 e. The van der Waals surface area contributed by atoms with Gasteiger partial charge >= 0.3 is 11.8 Å². The van der Waals surface area contributed by atoms with E-state index in [1.54, 1.807) is 19.1 Å². The monoisotopic (exact) mass is 500 g/mol. The lowest BCUT2D eigenvalue weighted by atomic mass is 9.79. The van der Waals surface area contributed by atoms with E-state index < -0.39 is 51.1 Å². The Kier molecular flexibility index (Phi) is 5.36. The van der Waals surface area contributed by atoms with E-state index in [9.17, 15) is 30.4 Å². The number of aryl methyl sites for hydroxylation is 1. The minimum atomic E-state index is -4.39. The molecule has 12 heteroatoms. The van der Waals surface area contributed by atoms with Crippen LogP contribution in [0.15, 0.2) is 47.4 Å². The Morgan fingerprint density at radius 2 is 1.61 bits per heavy atom. The van der Waals surface area contributed by atoms with Crippen molar-refractivity contribution in [2.75, 3.05) is 0 Å². The van der Waals surface area contributed by atoms with Gasteiger partial charge in [0, 0.05) is 18.9 Å². The second kappa shape index (κ2) is 7.40. The van der Waals surface area contributed by atoms with Gasteiger partial charge in [0.15, 0.2) is 4.77 Å². The zero-order chi connectivity index (χ0) is 24.6. The van der Waals surface area contributed by atoms with E-state index >= 15 is 0 Å². The standard InChI is InChI=1S/C21H18BF5N2O2S2/c1-12-4-3-5-16-17(12)28(14-10-20(24,25)21(26,27)11-14)18(32)29(16)33(30,31)15-8-6-13(7-9-15)19(2,22)23/h3-9,14H,10-11H2,1-2H3. The average molecular weight is 500 g/mol. The fourth-order valence-corrected chi connectivity index (χ4v) is 6.22. The third-order valence-electron chi connectivity index (χ3n) is 5.90. The summed E-state index contributed by atoms with van der Waals surface area (Å²) in [5, 5.41) is 0. The molecule has 0 amide bonds. The lowest BCUT2D eigenvalue weighted by molar-refractivity contribution is -0.185. The normalized spacial score (nSPS) is 20.2. The van der Waals surface area contributed by atoms with Gasteiger partial charge < -0.3 is 4.57 Å². The minimum Gasteiger partial charge on any atom is -0.312 e. The fraction of sp³-hybridized carbons (Fsp3) is 0.381. The lowest BCUT2D eigenvalue weighted by Crippen LogP contribution is -2.33. The average Bonchev–Trinajstić information content (AvgIpc) is 3.11. The van der Waals surface area contributed by atoms with Crippen LogP contribution in [-0.2, 0) is 15.6 Å². The van der Waals surface area contributed by atoms with E-state index in [1.807, 2.05) is 0 Å². The van der Waals surface area contributed by atoms with E-state index in [2.05, 4.69) is 0 Å². The van der Waals surface area contributed by atoms with Crippen molar-refractivity contribution in [2.24, 2.45) is 0 Å². The Labute approximate surface area is 193 Å². The number of aromatic nitrogens is 2. The highest BCUT2D eigenvalue weighted by Gasteiger charge is 2.63. The van der Waals surface area contributed by atoms with Crippen molar-refractivity contribution in [2.45, 2.75) is 55.0 Å². The maximum absolute atomic E-state index is 14.0. The molecule has 1 aliphatic rings. The molecule has 1 fully saturated rings. The predicted molar refractivity (Wildman–Crippen MR) is 117 cm³/mol. The summed E-state index contributed by atoms with van der Waals surface area (Å²) < 4.78 is 98.3. The van der Waals surface area contributed by atoms with Gasteiger partial charge in [-0.25, -0.2) is 12.4 Å². The molecule has 1 atom stereocenters. The number of nitrogens with zero attached hydrogens (tertiary/aromatic N) is 2. The third-order valence-corrected chi connectivity index (χ3v) is 8.11. The molecule has 1 aliphatic carbocycles. The Balaban J connectivity index is 1.94. The van der Waals surface area contributed by atoms with Crippen molar-refractivity contribution in [1.29, 1.82) is 0 Å². The molecule has 1 heterocycles. The summed E-state index contributed by atoms with van der Waals surface area (Å²) in [6.45, 7) is 2.71. The number of fused-ring (bicyclic) bond motifs is 1. The molecule has 0 bridgehead atoms. The van der Waals surface area contributed by atoms with E-state index in [1.165, 1.54) is 18.2 Å². The number of benzene rings is 2. The molecule has 0 saturated heterocycles. The third kappa shape index (κ3) is 3.71. The molecule has 4 nitrogen and oxygen atoms in total. The second-order valence-electron chi connectivity index (χ2n) is 8.44. The first-order valence-corrected chi connectivity index (χ1v) is 11.7. The van der Waals surface area contributed by atoms with E-state index in [0.29, 0.717) is 5.56 Å². The van der Waals surface area contributed by atoms with Gasteiger partial charge in [-0.05, 0) is 55.4 Å². The topological polar surface area (TPSA) is 44.0 Å². The summed E-state index contributed by atoms with van der Waals surface area (Å²) in [7, 11) is 1.01. The Bertz CT molecular complexity index is 1390. The first kappa shape index (κ1) is 23.9. The van der Waals surface area contributed by atoms with Crippen molar-refractivity contribution in [3.63, 3.8) is 0 Å². The molecule has 4 rings (SSSR count). The largest absolute Gasteiger partial charge is 0.312 e. The minimum absolute atomic E-state index is 0.0405. The summed E-state index contributed by atoms with van der Waals surface area (Å²) in [5.74, 6) is -8.50. The molecule has 174 valence electrons. The van der Waals surface area contributed by atoms with E-state index in [-0.39, 0.29) is 21.5 Å². The molecule has 1 unspecified atom stereocenters. The van der Waals surface area contributed by atoms with Crippen LogP contribution in [0.25, 0.3) is 11.0 Å². The molecule has 2 aromatic carbocycles. The van der Waals surface area contributed by atoms with Crippen LogP contribution in [-0.4, -0.2) is 36.6 Å². The number of rotatable bonds is 4. The summed E-state index contributed by atoms with van der Waals surface area (Å²) in [5.41, 5.74) is -1.42. The molecule has 0 aliphatic heterocycles. The van der Waals surface area contributed by atoms with Crippen molar-refractivity contribution in [3.05, 3.63) is 58.4 Å². The molecule has 0 N–H and O–H groups in total. The molecule has 2 radical (unpaired) electrons. The summed E-state index contributed by atoms with van der Waals surface area (Å²) in [6, 6.07) is 7.87. The zero-order valence-corrected chi connectivity index (χ0v) is 19.2. The molecule has 33 heavy (non-hydrogen) atoms. The quantitative estimate of drug-likeness (QED) is 0.265. The van der Waals surface area contributed by atoms with Crippen LogP contribution in [0.3, 0.4) is 0 Å². The molecular formula is C21H18BF5N2O2S2. The highest BCUT2D eigenvalue weighted by atomic mass is 32.2. The number of para-hydroxylation sites is 1. The molecule has 1 aromatic heterocycles. The molecule has 3 aromatic rings. The van der Waals surface area contributed by atoms with Crippen LogP contribution in [0.2, 0.25) is 0 Å². The lowest BCUT2D eigenvalue weighted by Gasteiger charge is -2.16. The van der Waals surface area contributed by atoms with Gasteiger partial charge in [0.25, 0.3) is 10.0 Å². The van der Waals surface area contributed by atoms with Crippen molar-refractivity contribution < 1.29 is 30.4 Å². The SMILES string of the molecule is [B]C(C)(F)c1ccc(S(=O)(=O)n2c(=S)n(C3CC(F)(F)C(F)(F)C3)c3c(C)cccc32)cc1. The van der Waals surface area contributed by atoms with Crippen LogP contribution in [0.4, 0.5) is 22.0 Å². The van der Waals surface area contributed by atoms with Gasteiger partial charge in [-0.1, -0.05) is 24.3 Å². The van der Waals surface area contributed by atoms with Crippen molar-refractivity contribution in [1.82, 2.24) is 8.54 Å². The number of halogens is 5. The van der Waals surface area contributed by atoms with Crippen LogP contribution < -0.4 is 0 Å². The molecule has 0 spiro atoms. The van der Waals surface area contributed by atoms with Crippen LogP contribution >= 0.6 is 12.2 Å². The number of imidazole rings is 1. The van der Waals surface area contributed by atoms with Gasteiger partial charge in [-0.2, -0.15) is 17.6 Å². The summed E-state index contributed by atoms with van der Waals surface area (Å²) in [4.78, 5) is -0.255. The Morgan fingerprint density at radius 1 is 1.06 bits per heavy atom. The Morgan fingerprint density at radius 3 is 2.12 bits per heavy atom. The maximum atomic E-state index is 14.0. The van der Waals surface area contributed by atoms with E-state index in [4.69, 9.17) is 20.1 Å². The van der Waals surface area contributed by atoms with Gasteiger partial charge in [0.2, 0.25) is 0 Å². The van der Waals surface area contributed by atoms with Crippen LogP contribution in [0, 0.1) is 11.7 Å². The Hall–Kier alpha value is -2.21. The predicted octanol–water partition coefficient (Wildman–Crippen LogP) is 5.63. The van der Waals surface area contributed by atoms with Gasteiger partial charge in [0.05, 0.1) is 21.5 Å². The smallest absolute Gasteiger partial charge is 0.312 e. The van der Waals surface area contributed by atoms with Gasteiger partial charge in [0.1, 0.15) is 7.85 Å². The summed E-state index contributed by atoms with van der Waals surface area (Å²) >= 11 is 5.35. The van der Waals surface area contributed by atoms with Crippen LogP contribution in [0.5, 0.6) is 0 Å². The molecular weight excluding hydrogens is 482 g/mol.